The van der Waals surface area contributed by atoms with E-state index in [-0.39, 0.29) is 11.1 Å². The maximum atomic E-state index is 12.5. The van der Waals surface area contributed by atoms with Crippen molar-refractivity contribution in [3.63, 3.8) is 0 Å². The van der Waals surface area contributed by atoms with Gasteiger partial charge in [0.1, 0.15) is 11.1 Å². The van der Waals surface area contributed by atoms with Crippen LogP contribution in [0.3, 0.4) is 0 Å². The Morgan fingerprint density at radius 1 is 1.17 bits per heavy atom. The number of anilines is 1. The van der Waals surface area contributed by atoms with Crippen molar-refractivity contribution in [2.24, 2.45) is 0 Å². The van der Waals surface area contributed by atoms with Gasteiger partial charge in [-0.1, -0.05) is 29.3 Å². The summed E-state index contributed by atoms with van der Waals surface area (Å²) in [7, 11) is 0. The van der Waals surface area contributed by atoms with Gasteiger partial charge in [0.05, 0.1) is 0 Å². The number of carbonyl (C=O) groups excluding carboxylic acids is 1. The highest BCUT2D eigenvalue weighted by atomic mass is 35.5. The van der Waals surface area contributed by atoms with Gasteiger partial charge in [-0.3, -0.25) is 10.2 Å². The lowest BCUT2D eigenvalue weighted by molar-refractivity contribution is 0.102. The second kappa shape index (κ2) is 6.07. The second-order valence-electron chi connectivity index (χ2n) is 5.04. The van der Waals surface area contributed by atoms with Crippen LogP contribution in [0.2, 0.25) is 10.0 Å². The molecule has 0 spiro atoms. The first-order chi connectivity index (χ1) is 11.0. The van der Waals surface area contributed by atoms with E-state index in [0.29, 0.717) is 26.7 Å². The van der Waals surface area contributed by atoms with Gasteiger partial charge in [0, 0.05) is 21.1 Å². The van der Waals surface area contributed by atoms with Gasteiger partial charge in [-0.05, 0) is 48.9 Å². The molecule has 1 heterocycles. The van der Waals surface area contributed by atoms with Crippen LogP contribution in [-0.4, -0.2) is 5.91 Å². The predicted octanol–water partition coefficient (Wildman–Crippen LogP) is 4.78. The van der Waals surface area contributed by atoms with Crippen LogP contribution in [0.1, 0.15) is 15.9 Å². The fourth-order valence-electron chi connectivity index (χ4n) is 2.21. The lowest BCUT2D eigenvalue weighted by Crippen LogP contribution is -2.21. The molecular weight excluding hydrogens is 335 g/mol. The Balaban J connectivity index is 2.02. The highest BCUT2D eigenvalue weighted by molar-refractivity contribution is 6.32. The minimum absolute atomic E-state index is 0.124. The topological polar surface area (TPSA) is 66.1 Å². The van der Waals surface area contributed by atoms with Crippen molar-refractivity contribution >= 4 is 45.8 Å². The Morgan fingerprint density at radius 2 is 1.96 bits per heavy atom. The molecule has 1 aromatic heterocycles. The molecule has 0 saturated carbocycles. The lowest BCUT2D eigenvalue weighted by atomic mass is 10.1. The zero-order chi connectivity index (χ0) is 16.6. The molecule has 23 heavy (non-hydrogen) atoms. The van der Waals surface area contributed by atoms with Gasteiger partial charge in [0.2, 0.25) is 5.55 Å². The van der Waals surface area contributed by atoms with E-state index in [1.54, 1.807) is 42.5 Å². The number of fused-ring (bicyclic) bond motifs is 1. The van der Waals surface area contributed by atoms with Gasteiger partial charge < -0.3 is 9.73 Å². The van der Waals surface area contributed by atoms with E-state index in [0.717, 1.165) is 5.56 Å². The van der Waals surface area contributed by atoms with Gasteiger partial charge in [0.15, 0.2) is 0 Å². The van der Waals surface area contributed by atoms with Crippen molar-refractivity contribution in [2.75, 3.05) is 5.32 Å². The molecule has 1 amide bonds. The van der Waals surface area contributed by atoms with Crippen molar-refractivity contribution in [3.05, 3.63) is 69.2 Å². The lowest BCUT2D eigenvalue weighted by Gasteiger charge is -2.10. The first-order valence-electron chi connectivity index (χ1n) is 6.80. The molecule has 3 aromatic rings. The van der Waals surface area contributed by atoms with E-state index >= 15 is 0 Å². The third-order valence-electron chi connectivity index (χ3n) is 3.49. The van der Waals surface area contributed by atoms with Gasteiger partial charge >= 0.3 is 0 Å². The molecule has 2 N–H and O–H groups in total. The molecule has 0 radical (unpaired) electrons. The Kier molecular flexibility index (Phi) is 4.11. The molecule has 3 rings (SSSR count). The minimum Gasteiger partial charge on any atom is -0.438 e. The largest absolute Gasteiger partial charge is 0.438 e. The molecular formula is C17H12Cl2N2O2. The SMILES string of the molecule is Cc1c(Cl)cccc1NC(=O)c1cc2cc(Cl)ccc2oc1=N. The molecule has 0 atom stereocenters. The summed E-state index contributed by atoms with van der Waals surface area (Å²) < 4.78 is 5.38. The van der Waals surface area contributed by atoms with E-state index in [9.17, 15) is 4.79 Å². The number of carbonyl (C=O) groups is 1. The van der Waals surface area contributed by atoms with Crippen LogP contribution < -0.4 is 10.9 Å². The molecule has 0 bridgehead atoms. The summed E-state index contributed by atoms with van der Waals surface area (Å²) in [5.74, 6) is -0.439. The summed E-state index contributed by atoms with van der Waals surface area (Å²) >= 11 is 12.0. The van der Waals surface area contributed by atoms with Crippen molar-refractivity contribution in [1.82, 2.24) is 0 Å². The molecule has 0 saturated heterocycles. The summed E-state index contributed by atoms with van der Waals surface area (Å²) in [5, 5.41) is 12.4. The number of benzene rings is 2. The van der Waals surface area contributed by atoms with E-state index in [4.69, 9.17) is 33.0 Å². The van der Waals surface area contributed by atoms with E-state index in [1.807, 2.05) is 6.92 Å². The number of amides is 1. The van der Waals surface area contributed by atoms with Crippen molar-refractivity contribution in [2.45, 2.75) is 6.92 Å². The van der Waals surface area contributed by atoms with Gasteiger partial charge in [-0.15, -0.1) is 0 Å². The summed E-state index contributed by atoms with van der Waals surface area (Å²) in [6.07, 6.45) is 0. The van der Waals surface area contributed by atoms with Crippen molar-refractivity contribution in [1.29, 1.82) is 5.41 Å². The van der Waals surface area contributed by atoms with Crippen LogP contribution in [0.5, 0.6) is 0 Å². The summed E-state index contributed by atoms with van der Waals surface area (Å²) in [5.41, 5.74) is 1.76. The molecule has 2 aromatic carbocycles. The molecule has 0 fully saturated rings. The quantitative estimate of drug-likeness (QED) is 0.701. The van der Waals surface area contributed by atoms with Gasteiger partial charge in [0.25, 0.3) is 5.91 Å². The fourth-order valence-corrected chi connectivity index (χ4v) is 2.57. The van der Waals surface area contributed by atoms with Gasteiger partial charge in [-0.25, -0.2) is 0 Å². The first-order valence-corrected chi connectivity index (χ1v) is 7.56. The monoisotopic (exact) mass is 346 g/mol. The van der Waals surface area contributed by atoms with E-state index in [1.165, 1.54) is 0 Å². The zero-order valence-electron chi connectivity index (χ0n) is 12.1. The van der Waals surface area contributed by atoms with E-state index < -0.39 is 5.91 Å². The summed E-state index contributed by atoms with van der Waals surface area (Å²) in [4.78, 5) is 12.5. The van der Waals surface area contributed by atoms with Crippen LogP contribution in [-0.2, 0) is 0 Å². The van der Waals surface area contributed by atoms with Crippen molar-refractivity contribution in [3.8, 4) is 0 Å². The normalized spacial score (nSPS) is 10.7. The van der Waals surface area contributed by atoms with Gasteiger partial charge in [-0.2, -0.15) is 0 Å². The third-order valence-corrected chi connectivity index (χ3v) is 4.13. The second-order valence-corrected chi connectivity index (χ2v) is 5.88. The van der Waals surface area contributed by atoms with Crippen molar-refractivity contribution < 1.29 is 9.21 Å². The predicted molar refractivity (Wildman–Crippen MR) is 91.2 cm³/mol. The number of halogens is 2. The average molecular weight is 347 g/mol. The highest BCUT2D eigenvalue weighted by Gasteiger charge is 2.13. The number of hydrogen-bond donors (Lipinski definition) is 2. The number of rotatable bonds is 2. The standard InChI is InChI=1S/C17H12Cl2N2O2/c1-9-13(19)3-2-4-14(9)21-17(22)12-8-10-7-11(18)5-6-15(10)23-16(12)20/h2-8,20H,1H3,(H,21,22). The highest BCUT2D eigenvalue weighted by Crippen LogP contribution is 2.24. The maximum Gasteiger partial charge on any atom is 0.261 e. The Hall–Kier alpha value is -2.30. The first kappa shape index (κ1) is 15.6. The zero-order valence-corrected chi connectivity index (χ0v) is 13.6. The number of nitrogens with one attached hydrogen (secondary N) is 2. The third kappa shape index (κ3) is 3.09. The number of hydrogen-bond acceptors (Lipinski definition) is 3. The van der Waals surface area contributed by atoms with Crippen LogP contribution >= 0.6 is 23.2 Å². The fraction of sp³-hybridized carbons (Fsp3) is 0.0588. The summed E-state index contributed by atoms with van der Waals surface area (Å²) in [6.45, 7) is 1.81. The molecule has 0 unspecified atom stereocenters. The minimum atomic E-state index is -0.439. The Bertz CT molecular complexity index is 980. The van der Waals surface area contributed by atoms with Crippen LogP contribution in [0, 0.1) is 12.3 Å². The maximum absolute atomic E-state index is 12.5. The average Bonchev–Trinajstić information content (AvgIpc) is 2.51. The van der Waals surface area contributed by atoms with E-state index in [2.05, 4.69) is 5.32 Å². The molecule has 0 aliphatic carbocycles. The summed E-state index contributed by atoms with van der Waals surface area (Å²) in [6, 6.07) is 11.8. The molecule has 6 heteroatoms. The smallest absolute Gasteiger partial charge is 0.261 e. The van der Waals surface area contributed by atoms with Crippen LogP contribution in [0.4, 0.5) is 5.69 Å². The molecule has 116 valence electrons. The van der Waals surface area contributed by atoms with Crippen LogP contribution in [0.15, 0.2) is 46.9 Å². The molecule has 0 aliphatic rings. The molecule has 0 aliphatic heterocycles. The van der Waals surface area contributed by atoms with Crippen LogP contribution in [0.25, 0.3) is 11.0 Å². The Morgan fingerprint density at radius 3 is 2.74 bits per heavy atom. The Labute approximate surface area is 142 Å². The molecule has 4 nitrogen and oxygen atoms in total.